The Bertz CT molecular complexity index is 6790. The van der Waals surface area contributed by atoms with E-state index in [9.17, 15) is 79.7 Å². The highest BCUT2D eigenvalue weighted by atomic mass is 35.5. The first-order valence-corrected chi connectivity index (χ1v) is 44.9. The van der Waals surface area contributed by atoms with Crippen molar-refractivity contribution in [3.05, 3.63) is 257 Å². The quantitative estimate of drug-likeness (QED) is 0.0282. The van der Waals surface area contributed by atoms with E-state index in [2.05, 4.69) is 61.8 Å². The molecule has 15 rings (SSSR count). The summed E-state index contributed by atoms with van der Waals surface area (Å²) in [6, 6.07) is 14.4. The van der Waals surface area contributed by atoms with Crippen LogP contribution >= 0.6 is 69.6 Å². The lowest BCUT2D eigenvalue weighted by Crippen LogP contribution is -2.54. The third kappa shape index (κ3) is 17.6. The molecule has 42 heteroatoms. The fourth-order valence-corrected chi connectivity index (χ4v) is 19.0. The van der Waals surface area contributed by atoms with Crippen LogP contribution in [0.5, 0.6) is 0 Å². The number of pyridine rings is 9. The Kier molecular flexibility index (Phi) is 29.5. The fraction of sp³-hybridized carbons (Fsp3) is 0.281. The van der Waals surface area contributed by atoms with Gasteiger partial charge in [-0.25, -0.2) is 54.5 Å². The smallest absolute Gasteiger partial charge is 0.276 e. The minimum absolute atomic E-state index is 0.0470. The number of nitrogens with zero attached hydrogens (tertiary/aromatic N) is 18. The molecule has 0 spiro atoms. The molecule has 27 nitrogen and oxygen atoms in total. The average molecular weight is 2010 g/mol. The van der Waals surface area contributed by atoms with Gasteiger partial charge in [-0.15, -0.1) is 0 Å². The average Bonchev–Trinajstić information content (AvgIpc) is 0.726. The van der Waals surface area contributed by atoms with Crippen LogP contribution in [0.4, 0.5) is 73.6 Å². The van der Waals surface area contributed by atoms with Gasteiger partial charge in [0.25, 0.3) is 16.7 Å². The van der Waals surface area contributed by atoms with Crippen LogP contribution in [0.2, 0.25) is 30.1 Å². The first-order valence-electron chi connectivity index (χ1n) is 42.6. The van der Waals surface area contributed by atoms with Crippen LogP contribution < -0.4 is 48.6 Å². The Morgan fingerprint density at radius 3 is 0.906 bits per heavy atom. The molecule has 0 aliphatic carbocycles. The minimum Gasteiger partial charge on any atom is -0.396 e. The molecule has 3 saturated heterocycles. The molecule has 3 aliphatic heterocycles. The summed E-state index contributed by atoms with van der Waals surface area (Å²) in [5.41, 5.74) is 14.2. The molecule has 0 bridgehead atoms. The summed E-state index contributed by atoms with van der Waals surface area (Å²) in [5.74, 6) is -16.5. The normalized spacial score (nSPS) is 15.0. The molecule has 3 aromatic carbocycles. The molecular weight excluding hydrogens is 1930 g/mol. The molecule has 12 aromatic rings. The zero-order chi connectivity index (χ0) is 101. The molecule has 9 aromatic heterocycles. The van der Waals surface area contributed by atoms with Crippen molar-refractivity contribution in [3.8, 4) is 69.0 Å². The van der Waals surface area contributed by atoms with Crippen LogP contribution in [0, 0.1) is 107 Å². The van der Waals surface area contributed by atoms with E-state index in [1.165, 1.54) is 50.1 Å². The molecule has 6 N–H and O–H groups in total. The van der Waals surface area contributed by atoms with Crippen LogP contribution in [0.25, 0.3) is 83.9 Å². The maximum atomic E-state index is 15.5. The zero-order valence-electron chi connectivity index (χ0n) is 75.8. The first kappa shape index (κ1) is 102. The van der Waals surface area contributed by atoms with Gasteiger partial charge in [0.2, 0.25) is 17.7 Å². The number of nitrogens with two attached hydrogens (primary N) is 3. The Labute approximate surface area is 813 Å². The van der Waals surface area contributed by atoms with Crippen LogP contribution in [0.3, 0.4) is 0 Å². The van der Waals surface area contributed by atoms with E-state index in [1.54, 1.807) is 87.0 Å². The van der Waals surface area contributed by atoms with Gasteiger partial charge in [0.15, 0.2) is 52.4 Å². The molecule has 0 radical (unpaired) electrons. The Morgan fingerprint density at radius 1 is 0.399 bits per heavy atom. The molecule has 3 amide bonds. The summed E-state index contributed by atoms with van der Waals surface area (Å²) in [6.07, 6.45) is 8.41. The predicted molar refractivity (Wildman–Crippen MR) is 516 cm³/mol. The minimum atomic E-state index is -1.86. The number of carbonyl (C=O) groups is 3. The molecule has 3 aliphatic rings. The molecule has 0 unspecified atom stereocenters. The number of rotatable bonds is 15. The number of fused-ring (bicyclic) bond motifs is 3. The van der Waals surface area contributed by atoms with Gasteiger partial charge in [-0.1, -0.05) is 131 Å². The van der Waals surface area contributed by atoms with E-state index in [0.717, 1.165) is 0 Å². The number of carbonyl (C=O) groups excluding carboxylic acids is 3. The number of amides is 3. The van der Waals surface area contributed by atoms with Crippen molar-refractivity contribution in [1.82, 2.24) is 58.3 Å². The molecule has 138 heavy (non-hydrogen) atoms. The van der Waals surface area contributed by atoms with Crippen molar-refractivity contribution >= 4 is 155 Å². The Morgan fingerprint density at radius 2 is 0.652 bits per heavy atom. The second-order valence-electron chi connectivity index (χ2n) is 33.8. The molecule has 12 heterocycles. The second kappa shape index (κ2) is 40.1. The monoisotopic (exact) mass is 2010 g/mol. The number of aryl methyl sites for hydroxylation is 3. The maximum Gasteiger partial charge on any atom is 0.276 e. The van der Waals surface area contributed by atoms with E-state index in [1.807, 2.05) is 68.4 Å². The summed E-state index contributed by atoms with van der Waals surface area (Å²) in [5, 5.41) is 28.5. The van der Waals surface area contributed by atoms with Gasteiger partial charge in [-0.05, 0) is 131 Å². The second-order valence-corrected chi connectivity index (χ2v) is 36.1. The number of piperazine rings is 3. The number of benzene rings is 3. The number of nitriles is 3. The molecule has 714 valence electrons. The standard InChI is InChI=1S/3C32H28Cl2F3N7O2/c1-6-20(45)43-10-9-42(13-16(43)5)30-17-11-19(33)28(21-23(35)22(34)24(36)25(37)26(21)39)41-31(17)44(32(46)18(30)12-38)29-15(4)7-8-40-27(29)14(2)3;2*1-6-20(45)43-10-9-42(13-16(43)5)30-17-11-19(33)28(21-22(34)23(35)24(36)25(37)26(21)39)41-31(17)44(32(46)18(30)12-38)29-15(4)7-8-40-27(29)14(2)3/h3*6-8,11,14,16H,1,9-10,13,39H2,2-5H3/t3*16-/m111/s1. The lowest BCUT2D eigenvalue weighted by Gasteiger charge is -2.41. The summed E-state index contributed by atoms with van der Waals surface area (Å²) < 4.78 is 135. The van der Waals surface area contributed by atoms with Gasteiger partial charge in [-0.3, -0.25) is 57.4 Å². The number of hydrogen-bond donors (Lipinski definition) is 3. The largest absolute Gasteiger partial charge is 0.396 e. The summed E-state index contributed by atoms with van der Waals surface area (Å²) >= 11 is 38.2. The predicted octanol–water partition coefficient (Wildman–Crippen LogP) is 18.8. The number of nitrogen functional groups attached to an aromatic ring is 3. The van der Waals surface area contributed by atoms with Crippen molar-refractivity contribution < 1.29 is 53.9 Å². The maximum absolute atomic E-state index is 15.5. The van der Waals surface area contributed by atoms with Crippen LogP contribution in [-0.4, -0.2) is 153 Å². The number of halogens is 15. The topological polar surface area (TPSA) is 363 Å². The van der Waals surface area contributed by atoms with Gasteiger partial charge in [0.1, 0.15) is 56.9 Å². The van der Waals surface area contributed by atoms with Crippen molar-refractivity contribution in [2.45, 2.75) is 119 Å². The van der Waals surface area contributed by atoms with Crippen molar-refractivity contribution in [2.24, 2.45) is 0 Å². The van der Waals surface area contributed by atoms with E-state index < -0.39 is 124 Å². The number of aromatic nitrogens is 9. The van der Waals surface area contributed by atoms with Crippen molar-refractivity contribution in [3.63, 3.8) is 0 Å². The van der Waals surface area contributed by atoms with Crippen molar-refractivity contribution in [1.29, 1.82) is 15.8 Å². The van der Waals surface area contributed by atoms with Crippen molar-refractivity contribution in [2.75, 3.05) is 90.8 Å². The lowest BCUT2D eigenvalue weighted by atomic mass is 10.0. The van der Waals surface area contributed by atoms with Crippen LogP contribution in [-0.2, 0) is 14.4 Å². The van der Waals surface area contributed by atoms with Gasteiger partial charge >= 0.3 is 0 Å². The van der Waals surface area contributed by atoms with Gasteiger partial charge < -0.3 is 46.6 Å². The van der Waals surface area contributed by atoms with E-state index >= 15 is 4.39 Å². The molecule has 3 atom stereocenters. The van der Waals surface area contributed by atoms with Gasteiger partial charge in [0, 0.05) is 123 Å². The summed E-state index contributed by atoms with van der Waals surface area (Å²) in [4.78, 5) is 118. The Balaban J connectivity index is 0.000000175. The van der Waals surface area contributed by atoms with E-state index in [4.69, 9.17) is 86.8 Å². The van der Waals surface area contributed by atoms with Gasteiger partial charge in [0.05, 0.1) is 116 Å². The van der Waals surface area contributed by atoms with Crippen LogP contribution in [0.1, 0.15) is 131 Å². The zero-order valence-corrected chi connectivity index (χ0v) is 80.3. The highest BCUT2D eigenvalue weighted by Crippen LogP contribution is 2.49. The number of anilines is 6. The summed E-state index contributed by atoms with van der Waals surface area (Å²) in [6.45, 7) is 34.9. The fourth-order valence-electron chi connectivity index (χ4n) is 17.6. The molecule has 3 fully saturated rings. The first-order chi connectivity index (χ1) is 65.2. The van der Waals surface area contributed by atoms with E-state index in [-0.39, 0.29) is 206 Å². The van der Waals surface area contributed by atoms with Gasteiger partial charge in [-0.2, -0.15) is 15.8 Å². The third-order valence-electron chi connectivity index (χ3n) is 24.2. The van der Waals surface area contributed by atoms with Crippen LogP contribution in [0.15, 0.2) is 107 Å². The Hall–Kier alpha value is -13.8. The molecule has 0 saturated carbocycles. The number of hydrogen-bond acceptors (Lipinski definition) is 21. The van der Waals surface area contributed by atoms with E-state index in [0.29, 0.717) is 50.8 Å². The lowest BCUT2D eigenvalue weighted by molar-refractivity contribution is -0.129. The molecular formula is C96H84Cl6F9N21O6. The SMILES string of the molecule is C=CC(=O)N1CCN(c2c(C#N)c(=O)n(-c3c(C)ccnc3C(C)C)c3nc(-c4c(N)c(F)c(F)c(Cl)c4F)c(Cl)cc23)C[C@H]1C.C=CC(=O)N1CCN(c2c(C#N)c(=O)n(-c3c(C)ccnc3C(C)C)c3nc(-c4c(N)c(F)c(F)c(F)c4Cl)c(Cl)cc23)C[C@H]1C.C=CC(=O)N1CCN(c2c(C#N)c(=O)n(-c3c(C)ccnc3C(C)C)c3nc(-c4c(N)c(F)c(F)c(F)c4Cl)c(Cl)cc23)C[C@H]1C. The summed E-state index contributed by atoms with van der Waals surface area (Å²) in [7, 11) is 0. The third-order valence-corrected chi connectivity index (χ3v) is 26.1. The highest BCUT2D eigenvalue weighted by molar-refractivity contribution is 6.39. The highest BCUT2D eigenvalue weighted by Gasteiger charge is 2.40.